The highest BCUT2D eigenvalue weighted by Crippen LogP contribution is 2.53. The number of hydrogen-bond acceptors (Lipinski definition) is 2. The molecule has 0 saturated heterocycles. The van der Waals surface area contributed by atoms with Crippen molar-refractivity contribution < 1.29 is 0 Å². The molecule has 2 heterocycles. The van der Waals surface area contributed by atoms with Crippen LogP contribution in [0.5, 0.6) is 0 Å². The number of aromatic nitrogens is 2. The fraction of sp³-hybridized carbons (Fsp3) is 0.0476. The maximum Gasteiger partial charge on any atom is 0.0542 e. The molecule has 13 rings (SSSR count). The number of rotatable bonds is 8. The van der Waals surface area contributed by atoms with Gasteiger partial charge >= 0.3 is 0 Å². The van der Waals surface area contributed by atoms with Crippen molar-refractivity contribution in [2.75, 3.05) is 9.80 Å². The van der Waals surface area contributed by atoms with Gasteiger partial charge in [-0.05, 0) is 144 Å². The average Bonchev–Trinajstić information content (AvgIpc) is 3.97. The van der Waals surface area contributed by atoms with Gasteiger partial charge in [0.1, 0.15) is 0 Å². The Labute approximate surface area is 390 Å². The SMILES string of the molecule is CC1(C)c2cc(N(c3ccccc3)c3ccc4c(c3)c3ccccc3n4-c3ccccc3)ccc2-c2ccc(N(c3ccccc3)c3ccc4c(c3)c3ccccc3n4-c3ccccc3)cc21. The summed E-state index contributed by atoms with van der Waals surface area (Å²) in [6, 6.07) is 88.5. The summed E-state index contributed by atoms with van der Waals surface area (Å²) in [5, 5.41) is 4.92. The molecular weight excluding hydrogens is 813 g/mol. The zero-order chi connectivity index (χ0) is 44.6. The zero-order valence-corrected chi connectivity index (χ0v) is 37.4. The Morgan fingerprint density at radius 2 is 0.612 bits per heavy atom. The van der Waals surface area contributed by atoms with E-state index in [1.54, 1.807) is 0 Å². The quantitative estimate of drug-likeness (QED) is 0.151. The Kier molecular flexibility index (Phi) is 8.84. The fourth-order valence-corrected chi connectivity index (χ4v) is 11.0. The summed E-state index contributed by atoms with van der Waals surface area (Å²) in [7, 11) is 0. The van der Waals surface area contributed by atoms with E-state index in [1.807, 2.05) is 0 Å². The molecule has 0 bridgehead atoms. The van der Waals surface area contributed by atoms with E-state index in [0.717, 1.165) is 45.5 Å². The van der Waals surface area contributed by atoms with Gasteiger partial charge in [0.25, 0.3) is 0 Å². The number of anilines is 6. The van der Waals surface area contributed by atoms with Crippen LogP contribution in [0.25, 0.3) is 66.1 Å². The van der Waals surface area contributed by atoms with Gasteiger partial charge in [0, 0.05) is 72.5 Å². The Hall–Kier alpha value is -8.60. The third-order valence-electron chi connectivity index (χ3n) is 14.0. The summed E-state index contributed by atoms with van der Waals surface area (Å²) in [5.74, 6) is 0. The number of para-hydroxylation sites is 6. The van der Waals surface area contributed by atoms with E-state index in [4.69, 9.17) is 0 Å². The molecule has 0 atom stereocenters. The Bertz CT molecular complexity index is 3580. The van der Waals surface area contributed by atoms with Gasteiger partial charge in [0.05, 0.1) is 22.1 Å². The highest BCUT2D eigenvalue weighted by Gasteiger charge is 2.37. The highest BCUT2D eigenvalue weighted by molar-refractivity contribution is 6.12. The van der Waals surface area contributed by atoms with Crippen LogP contribution < -0.4 is 9.80 Å². The second-order valence-electron chi connectivity index (χ2n) is 18.2. The topological polar surface area (TPSA) is 16.3 Å². The first kappa shape index (κ1) is 38.8. The molecule has 10 aromatic carbocycles. The first-order valence-electron chi connectivity index (χ1n) is 23.2. The van der Waals surface area contributed by atoms with Crippen LogP contribution in [-0.4, -0.2) is 9.13 Å². The molecule has 0 spiro atoms. The minimum absolute atomic E-state index is 0.276. The van der Waals surface area contributed by atoms with Crippen LogP contribution in [0.2, 0.25) is 0 Å². The van der Waals surface area contributed by atoms with Crippen molar-refractivity contribution in [2.24, 2.45) is 0 Å². The minimum Gasteiger partial charge on any atom is -0.310 e. The number of hydrogen-bond donors (Lipinski definition) is 0. The van der Waals surface area contributed by atoms with E-state index in [-0.39, 0.29) is 5.41 Å². The summed E-state index contributed by atoms with van der Waals surface area (Å²) in [4.78, 5) is 4.84. The van der Waals surface area contributed by atoms with Gasteiger partial charge in [-0.1, -0.05) is 135 Å². The first-order chi connectivity index (χ1) is 33.0. The van der Waals surface area contributed by atoms with Crippen molar-refractivity contribution in [1.82, 2.24) is 9.13 Å². The summed E-state index contributed by atoms with van der Waals surface area (Å²) < 4.78 is 4.76. The molecule has 0 aliphatic heterocycles. The molecule has 0 N–H and O–H groups in total. The lowest BCUT2D eigenvalue weighted by atomic mass is 9.82. The van der Waals surface area contributed by atoms with E-state index in [9.17, 15) is 0 Å². The van der Waals surface area contributed by atoms with Crippen molar-refractivity contribution >= 4 is 77.7 Å². The lowest BCUT2D eigenvalue weighted by Crippen LogP contribution is -2.17. The van der Waals surface area contributed by atoms with E-state index in [0.29, 0.717) is 0 Å². The van der Waals surface area contributed by atoms with E-state index >= 15 is 0 Å². The van der Waals surface area contributed by atoms with Crippen LogP contribution in [-0.2, 0) is 5.41 Å². The molecular formula is C63H46N4. The normalized spacial score (nSPS) is 12.7. The smallest absolute Gasteiger partial charge is 0.0542 e. The average molecular weight is 859 g/mol. The second kappa shape index (κ2) is 15.3. The third kappa shape index (κ3) is 6.14. The maximum atomic E-state index is 2.44. The molecule has 4 heteroatoms. The van der Waals surface area contributed by atoms with Crippen LogP contribution in [0.15, 0.2) is 243 Å². The number of fused-ring (bicyclic) bond motifs is 9. The van der Waals surface area contributed by atoms with Gasteiger partial charge in [0.2, 0.25) is 0 Å². The fourth-order valence-electron chi connectivity index (χ4n) is 11.0. The van der Waals surface area contributed by atoms with Crippen molar-refractivity contribution in [3.8, 4) is 22.5 Å². The Morgan fingerprint density at radius 1 is 0.284 bits per heavy atom. The van der Waals surface area contributed by atoms with Crippen LogP contribution >= 0.6 is 0 Å². The summed E-state index contributed by atoms with van der Waals surface area (Å²) in [6.45, 7) is 4.78. The minimum atomic E-state index is -0.276. The van der Waals surface area contributed by atoms with Crippen LogP contribution in [0.1, 0.15) is 25.0 Å². The highest BCUT2D eigenvalue weighted by atomic mass is 15.2. The predicted octanol–water partition coefficient (Wildman–Crippen LogP) is 17.1. The van der Waals surface area contributed by atoms with Crippen molar-refractivity contribution in [3.05, 3.63) is 254 Å². The van der Waals surface area contributed by atoms with Crippen LogP contribution in [0.4, 0.5) is 34.1 Å². The maximum absolute atomic E-state index is 2.44. The summed E-state index contributed by atoms with van der Waals surface area (Å²) in [6.07, 6.45) is 0. The predicted molar refractivity (Wildman–Crippen MR) is 282 cm³/mol. The van der Waals surface area contributed by atoms with Gasteiger partial charge in [-0.3, -0.25) is 0 Å². The van der Waals surface area contributed by atoms with E-state index < -0.39 is 0 Å². The largest absolute Gasteiger partial charge is 0.310 e. The summed E-state index contributed by atoms with van der Waals surface area (Å²) >= 11 is 0. The molecule has 318 valence electrons. The molecule has 4 nitrogen and oxygen atoms in total. The van der Waals surface area contributed by atoms with Gasteiger partial charge in [0.15, 0.2) is 0 Å². The molecule has 0 unspecified atom stereocenters. The molecule has 2 aromatic heterocycles. The van der Waals surface area contributed by atoms with Crippen LogP contribution in [0.3, 0.4) is 0 Å². The van der Waals surface area contributed by atoms with Gasteiger partial charge < -0.3 is 18.9 Å². The van der Waals surface area contributed by atoms with Crippen LogP contribution in [0, 0.1) is 0 Å². The Morgan fingerprint density at radius 3 is 1.03 bits per heavy atom. The molecule has 0 saturated carbocycles. The first-order valence-corrected chi connectivity index (χ1v) is 23.2. The van der Waals surface area contributed by atoms with E-state index in [1.165, 1.54) is 65.9 Å². The molecule has 1 aliphatic rings. The molecule has 67 heavy (non-hydrogen) atoms. The molecule has 0 amide bonds. The van der Waals surface area contributed by atoms with E-state index in [2.05, 4.69) is 275 Å². The summed E-state index contributed by atoms with van der Waals surface area (Å²) in [5.41, 5.74) is 18.8. The third-order valence-corrected chi connectivity index (χ3v) is 14.0. The van der Waals surface area contributed by atoms with Gasteiger partial charge in [-0.2, -0.15) is 0 Å². The lowest BCUT2D eigenvalue weighted by Gasteiger charge is -2.29. The molecule has 1 aliphatic carbocycles. The van der Waals surface area contributed by atoms with Crippen molar-refractivity contribution in [1.29, 1.82) is 0 Å². The monoisotopic (exact) mass is 858 g/mol. The number of benzene rings is 10. The molecule has 12 aromatic rings. The number of nitrogens with zero attached hydrogens (tertiary/aromatic N) is 4. The lowest BCUT2D eigenvalue weighted by molar-refractivity contribution is 0.660. The van der Waals surface area contributed by atoms with Gasteiger partial charge in [-0.25, -0.2) is 0 Å². The standard InChI is InChI=1S/C63H46N4/c1-63(2)57-41-49(64(43-19-7-3-8-20-43)47-33-37-61-55(39-47)53-27-15-17-29-59(53)66(61)45-23-11-5-12-24-45)31-35-51(57)52-36-32-50(42-58(52)63)65(44-21-9-4-10-22-44)48-34-38-62-56(40-48)54-28-16-18-30-60(54)67(62)46-25-13-6-14-26-46/h3-42H,1-2H3. The second-order valence-corrected chi connectivity index (χ2v) is 18.2. The zero-order valence-electron chi connectivity index (χ0n) is 37.4. The molecule has 0 fully saturated rings. The van der Waals surface area contributed by atoms with Crippen molar-refractivity contribution in [2.45, 2.75) is 19.3 Å². The van der Waals surface area contributed by atoms with Crippen molar-refractivity contribution in [3.63, 3.8) is 0 Å². The van der Waals surface area contributed by atoms with Gasteiger partial charge in [-0.15, -0.1) is 0 Å². The molecule has 0 radical (unpaired) electrons. The Balaban J connectivity index is 0.925.